The van der Waals surface area contributed by atoms with E-state index in [2.05, 4.69) is 237 Å². The van der Waals surface area contributed by atoms with E-state index < -0.39 is 0 Å². The number of nitrogens with zero attached hydrogens (tertiary/aromatic N) is 2. The van der Waals surface area contributed by atoms with E-state index in [0.29, 0.717) is 12.0 Å². The van der Waals surface area contributed by atoms with Crippen molar-refractivity contribution in [2.45, 2.75) is 58.5 Å². The highest BCUT2D eigenvalue weighted by atomic mass is 15.2. The standard InChI is InChI=1S/C33H31N.C28H23N/c1-4-12-25(5-2)28-19-20-33-32(22-28)24(3)31-18-10-9-15-29(31)23-34(33)30-17-11-16-27(21-30)26-13-7-6-8-14-26;1-19-14-15-22-18-27-28(25(22)16-19)24-12-5-6-13-26(24)29(27)23-11-7-10-21(17-23)20-8-3-2-4-9-20/h4-18,21-22H,3,19-20,23H2,1-2H3;2-17,27-28H,18H2,1H3/b12-4-,25-5+;. The fraction of sp³-hybridized carbons (Fsp3) is 0.148. The predicted octanol–water partition coefficient (Wildman–Crippen LogP) is 15.8. The van der Waals surface area contributed by atoms with Crippen molar-refractivity contribution in [1.82, 2.24) is 0 Å². The summed E-state index contributed by atoms with van der Waals surface area (Å²) >= 11 is 0. The first-order valence-electron chi connectivity index (χ1n) is 22.6. The van der Waals surface area contributed by atoms with Crippen molar-refractivity contribution in [3.8, 4) is 22.3 Å². The van der Waals surface area contributed by atoms with Gasteiger partial charge in [0.05, 0.1) is 0 Å². The number of rotatable bonds is 6. The molecule has 63 heavy (non-hydrogen) atoms. The molecular weight excluding hydrogens is 761 g/mol. The van der Waals surface area contributed by atoms with Gasteiger partial charge in [-0.1, -0.05) is 176 Å². The fourth-order valence-electron chi connectivity index (χ4n) is 10.4. The van der Waals surface area contributed by atoms with Crippen molar-refractivity contribution in [3.05, 3.63) is 263 Å². The van der Waals surface area contributed by atoms with Crippen molar-refractivity contribution in [2.75, 3.05) is 9.80 Å². The number of para-hydroxylation sites is 1. The van der Waals surface area contributed by atoms with Gasteiger partial charge in [0.1, 0.15) is 0 Å². The first kappa shape index (κ1) is 39.9. The normalized spacial score (nSPS) is 17.5. The molecule has 2 aliphatic heterocycles. The summed E-state index contributed by atoms with van der Waals surface area (Å²) in [5.74, 6) is 0.460. The minimum absolute atomic E-state index is 0.454. The summed E-state index contributed by atoms with van der Waals surface area (Å²) in [5, 5.41) is 0. The van der Waals surface area contributed by atoms with Crippen LogP contribution >= 0.6 is 0 Å². The average Bonchev–Trinajstić information content (AvgIpc) is 3.83. The Morgan fingerprint density at radius 2 is 1.25 bits per heavy atom. The maximum absolute atomic E-state index is 4.59. The number of fused-ring (bicyclic) bond motifs is 6. The van der Waals surface area contributed by atoms with Crippen LogP contribution in [0.3, 0.4) is 0 Å². The Kier molecular flexibility index (Phi) is 11.0. The highest BCUT2D eigenvalue weighted by Crippen LogP contribution is 2.54. The Bertz CT molecular complexity index is 2960. The molecule has 2 nitrogen and oxygen atoms in total. The van der Waals surface area contributed by atoms with Crippen molar-refractivity contribution >= 4 is 22.6 Å². The molecule has 0 bridgehead atoms. The molecule has 7 aromatic carbocycles. The lowest BCUT2D eigenvalue weighted by molar-refractivity contribution is 0.668. The Labute approximate surface area is 374 Å². The van der Waals surface area contributed by atoms with Gasteiger partial charge in [-0.25, -0.2) is 0 Å². The lowest BCUT2D eigenvalue weighted by Gasteiger charge is -2.31. The van der Waals surface area contributed by atoms with Crippen LogP contribution in [0.25, 0.3) is 27.8 Å². The number of anilines is 3. The molecule has 0 amide bonds. The SMILES string of the molecule is C=C1C2=C(CCC(C(/C=C\C)=C/C)=C2)N(c2cccc(-c3ccccc3)c2)Cc2ccccc21.Cc1ccc2c(c1)C1c3ccccc3N(c3cccc(-c4ccccc4)c3)C1C2. The smallest absolute Gasteiger partial charge is 0.0492 e. The molecule has 0 radical (unpaired) electrons. The van der Waals surface area contributed by atoms with Crippen LogP contribution in [-0.4, -0.2) is 6.04 Å². The third-order valence-corrected chi connectivity index (χ3v) is 13.4. The zero-order valence-corrected chi connectivity index (χ0v) is 36.6. The largest absolute Gasteiger partial charge is 0.340 e. The van der Waals surface area contributed by atoms with Crippen LogP contribution < -0.4 is 9.80 Å². The maximum atomic E-state index is 4.59. The van der Waals surface area contributed by atoms with Crippen LogP contribution in [0.1, 0.15) is 66.0 Å². The number of hydrogen-bond acceptors (Lipinski definition) is 2. The van der Waals surface area contributed by atoms with Crippen LogP contribution in [0.4, 0.5) is 17.1 Å². The first-order valence-corrected chi connectivity index (χ1v) is 22.6. The van der Waals surface area contributed by atoms with Crippen LogP contribution in [0.2, 0.25) is 0 Å². The van der Waals surface area contributed by atoms with Gasteiger partial charge in [-0.2, -0.15) is 0 Å². The summed E-state index contributed by atoms with van der Waals surface area (Å²) in [4.78, 5) is 5.10. The second-order valence-electron chi connectivity index (χ2n) is 17.2. The molecule has 0 N–H and O–H groups in total. The number of allylic oxidation sites excluding steroid dienone is 9. The Hall–Kier alpha value is -7.16. The van der Waals surface area contributed by atoms with E-state index >= 15 is 0 Å². The molecule has 2 atom stereocenters. The summed E-state index contributed by atoms with van der Waals surface area (Å²) in [5.41, 5.74) is 23.8. The second kappa shape index (κ2) is 17.3. The Morgan fingerprint density at radius 3 is 1.98 bits per heavy atom. The number of aryl methyl sites for hydroxylation is 1. The lowest BCUT2D eigenvalue weighted by atomic mass is 9.86. The molecule has 0 spiro atoms. The summed E-state index contributed by atoms with van der Waals surface area (Å²) in [6.45, 7) is 11.9. The quantitative estimate of drug-likeness (QED) is 0.154. The molecule has 2 heterocycles. The van der Waals surface area contributed by atoms with Gasteiger partial charge in [0, 0.05) is 46.8 Å². The number of hydrogen-bond donors (Lipinski definition) is 0. The summed E-state index contributed by atoms with van der Waals surface area (Å²) < 4.78 is 0. The zero-order chi connectivity index (χ0) is 42.9. The molecular formula is C61H54N2. The zero-order valence-electron chi connectivity index (χ0n) is 36.6. The maximum Gasteiger partial charge on any atom is 0.0492 e. The third kappa shape index (κ3) is 7.61. The molecule has 11 rings (SSSR count). The van der Waals surface area contributed by atoms with E-state index in [0.717, 1.165) is 31.4 Å². The minimum atomic E-state index is 0.454. The predicted molar refractivity (Wildman–Crippen MR) is 267 cm³/mol. The van der Waals surface area contributed by atoms with E-state index in [4.69, 9.17) is 0 Å². The average molecular weight is 815 g/mol. The van der Waals surface area contributed by atoms with Crippen molar-refractivity contribution in [3.63, 3.8) is 0 Å². The highest BCUT2D eigenvalue weighted by Gasteiger charge is 2.45. The van der Waals surface area contributed by atoms with Crippen LogP contribution in [-0.2, 0) is 13.0 Å². The highest BCUT2D eigenvalue weighted by molar-refractivity contribution is 5.87. The van der Waals surface area contributed by atoms with Crippen molar-refractivity contribution < 1.29 is 0 Å². The van der Waals surface area contributed by atoms with Crippen LogP contribution in [0, 0.1) is 6.92 Å². The molecule has 0 aromatic heterocycles. The molecule has 2 heteroatoms. The first-order chi connectivity index (χ1) is 31.0. The fourth-order valence-corrected chi connectivity index (χ4v) is 10.4. The van der Waals surface area contributed by atoms with Gasteiger partial charge >= 0.3 is 0 Å². The van der Waals surface area contributed by atoms with Crippen LogP contribution in [0.5, 0.6) is 0 Å². The van der Waals surface area contributed by atoms with Crippen molar-refractivity contribution in [2.24, 2.45) is 0 Å². The van der Waals surface area contributed by atoms with E-state index in [1.807, 2.05) is 0 Å². The molecule has 2 unspecified atom stereocenters. The topological polar surface area (TPSA) is 6.48 Å². The summed E-state index contributed by atoms with van der Waals surface area (Å²) in [6.07, 6.45) is 12.1. The van der Waals surface area contributed by atoms with E-state index in [1.54, 1.807) is 0 Å². The third-order valence-electron chi connectivity index (χ3n) is 13.4. The van der Waals surface area contributed by atoms with Crippen molar-refractivity contribution in [1.29, 1.82) is 0 Å². The molecule has 0 saturated carbocycles. The van der Waals surface area contributed by atoms with E-state index in [9.17, 15) is 0 Å². The second-order valence-corrected chi connectivity index (χ2v) is 17.2. The van der Waals surface area contributed by atoms with E-state index in [1.165, 1.54) is 95.1 Å². The monoisotopic (exact) mass is 814 g/mol. The van der Waals surface area contributed by atoms with Gasteiger partial charge in [-0.05, 0) is 143 Å². The van der Waals surface area contributed by atoms with Gasteiger partial charge in [0.25, 0.3) is 0 Å². The van der Waals surface area contributed by atoms with E-state index in [-0.39, 0.29) is 0 Å². The Balaban J connectivity index is 0.000000151. The molecule has 2 aliphatic carbocycles. The van der Waals surface area contributed by atoms with Crippen LogP contribution in [0.15, 0.2) is 229 Å². The van der Waals surface area contributed by atoms with Gasteiger partial charge < -0.3 is 9.80 Å². The molecule has 7 aromatic rings. The molecule has 308 valence electrons. The molecule has 0 fully saturated rings. The van der Waals surface area contributed by atoms with Gasteiger partial charge in [-0.15, -0.1) is 0 Å². The lowest BCUT2D eigenvalue weighted by Crippen LogP contribution is -2.28. The Morgan fingerprint density at radius 1 is 0.603 bits per heavy atom. The van der Waals surface area contributed by atoms with Gasteiger partial charge in [0.2, 0.25) is 0 Å². The van der Waals surface area contributed by atoms with Gasteiger partial charge in [0.15, 0.2) is 0 Å². The summed E-state index contributed by atoms with van der Waals surface area (Å²) in [7, 11) is 0. The molecule has 4 aliphatic rings. The number of benzene rings is 7. The summed E-state index contributed by atoms with van der Waals surface area (Å²) in [6, 6.07) is 64.4. The minimum Gasteiger partial charge on any atom is -0.340 e. The van der Waals surface area contributed by atoms with Gasteiger partial charge in [-0.3, -0.25) is 0 Å². The molecule has 0 saturated heterocycles.